The molecule has 1 aliphatic heterocycles. The number of carbonyl (C=O) groups is 2. The van der Waals surface area contributed by atoms with E-state index in [1.807, 2.05) is 23.1 Å². The Morgan fingerprint density at radius 1 is 1.41 bits per heavy atom. The molecule has 90 valence electrons. The molecular weight excluding hydrogens is 220 g/mol. The first-order chi connectivity index (χ1) is 8.09. The van der Waals surface area contributed by atoms with E-state index in [4.69, 9.17) is 10.8 Å². The van der Waals surface area contributed by atoms with Crippen LogP contribution in [0, 0.1) is 0 Å². The molecule has 0 fully saturated rings. The molecule has 1 heterocycles. The minimum atomic E-state index is -0.823. The summed E-state index contributed by atoms with van der Waals surface area (Å²) in [6, 6.07) is 7.26. The summed E-state index contributed by atoms with van der Waals surface area (Å²) >= 11 is 0. The van der Waals surface area contributed by atoms with Crippen LogP contribution < -0.4 is 10.6 Å². The van der Waals surface area contributed by atoms with Crippen molar-refractivity contribution in [3.8, 4) is 0 Å². The van der Waals surface area contributed by atoms with Crippen LogP contribution in [0.5, 0.6) is 0 Å². The van der Waals surface area contributed by atoms with Crippen molar-refractivity contribution in [1.29, 1.82) is 0 Å². The van der Waals surface area contributed by atoms with Gasteiger partial charge < -0.3 is 15.7 Å². The summed E-state index contributed by atoms with van der Waals surface area (Å²) in [6.45, 7) is 0.667. The summed E-state index contributed by atoms with van der Waals surface area (Å²) in [7, 11) is 0. The van der Waals surface area contributed by atoms with Crippen molar-refractivity contribution in [2.24, 2.45) is 5.73 Å². The summed E-state index contributed by atoms with van der Waals surface area (Å²) in [5, 5.41) is 9.14. The van der Waals surface area contributed by atoms with Gasteiger partial charge in [-0.15, -0.1) is 0 Å². The number of benzene rings is 1. The summed E-state index contributed by atoms with van der Waals surface area (Å²) in [4.78, 5) is 23.9. The van der Waals surface area contributed by atoms with Crippen molar-refractivity contribution in [2.75, 3.05) is 18.0 Å². The number of carbonyl (C=O) groups excluding carboxylic acids is 1. The van der Waals surface area contributed by atoms with E-state index in [-0.39, 0.29) is 6.54 Å². The number of fused-ring (bicyclic) bond motifs is 1. The molecular formula is C12H14N2O3. The fraction of sp³-hybridized carbons (Fsp3) is 0.333. The number of hydrogen-bond acceptors (Lipinski definition) is 3. The lowest BCUT2D eigenvalue weighted by Gasteiger charge is -2.33. The molecule has 1 aliphatic rings. The normalized spacial score (nSPS) is 18.6. The minimum Gasteiger partial charge on any atom is -0.481 e. The summed E-state index contributed by atoms with van der Waals surface area (Å²) < 4.78 is 0. The zero-order valence-corrected chi connectivity index (χ0v) is 9.30. The third-order valence-electron chi connectivity index (χ3n) is 2.99. The fourth-order valence-electron chi connectivity index (χ4n) is 2.24. The van der Waals surface area contributed by atoms with Crippen LogP contribution >= 0.6 is 0 Å². The van der Waals surface area contributed by atoms with Crippen LogP contribution in [0.1, 0.15) is 17.9 Å². The zero-order valence-electron chi connectivity index (χ0n) is 9.30. The minimum absolute atomic E-state index is 0.128. The predicted molar refractivity (Wildman–Crippen MR) is 62.8 cm³/mol. The summed E-state index contributed by atoms with van der Waals surface area (Å²) in [6.07, 6.45) is 0.500. The van der Waals surface area contributed by atoms with Crippen LogP contribution in [-0.2, 0) is 9.59 Å². The van der Waals surface area contributed by atoms with E-state index in [0.29, 0.717) is 13.0 Å². The number of primary amides is 1. The van der Waals surface area contributed by atoms with Crippen molar-refractivity contribution in [1.82, 2.24) is 0 Å². The van der Waals surface area contributed by atoms with Crippen LogP contribution in [0.15, 0.2) is 24.3 Å². The lowest BCUT2D eigenvalue weighted by molar-refractivity contribution is -0.139. The lowest BCUT2D eigenvalue weighted by atomic mass is 9.90. The first-order valence-corrected chi connectivity index (χ1v) is 5.44. The number of para-hydroxylation sites is 1. The second-order valence-electron chi connectivity index (χ2n) is 4.13. The summed E-state index contributed by atoms with van der Waals surface area (Å²) in [5.74, 6) is -1.72. The number of carboxylic acids is 1. The Bertz CT molecular complexity index is 459. The van der Waals surface area contributed by atoms with Gasteiger partial charge in [0.2, 0.25) is 5.91 Å². The Balaban J connectivity index is 2.36. The molecule has 0 saturated heterocycles. The Kier molecular flexibility index (Phi) is 2.99. The molecule has 2 rings (SSSR count). The number of hydrogen-bond donors (Lipinski definition) is 2. The summed E-state index contributed by atoms with van der Waals surface area (Å²) in [5.41, 5.74) is 6.73. The molecule has 5 nitrogen and oxygen atoms in total. The smallest absolute Gasteiger partial charge is 0.311 e. The Labute approximate surface area is 98.8 Å². The Hall–Kier alpha value is -2.04. The van der Waals surface area contributed by atoms with Crippen molar-refractivity contribution >= 4 is 17.6 Å². The number of nitrogens with two attached hydrogens (primary N) is 1. The van der Waals surface area contributed by atoms with E-state index >= 15 is 0 Å². The molecule has 0 bridgehead atoms. The SMILES string of the molecule is NC(=O)CN1CCC(C(=O)O)c2ccccc21. The van der Waals surface area contributed by atoms with Crippen molar-refractivity contribution in [3.63, 3.8) is 0 Å². The highest BCUT2D eigenvalue weighted by Gasteiger charge is 2.29. The maximum Gasteiger partial charge on any atom is 0.311 e. The number of amides is 1. The quantitative estimate of drug-likeness (QED) is 0.800. The maximum absolute atomic E-state index is 11.1. The number of rotatable bonds is 3. The average molecular weight is 234 g/mol. The van der Waals surface area contributed by atoms with Gasteiger partial charge in [-0.05, 0) is 18.1 Å². The van der Waals surface area contributed by atoms with Gasteiger partial charge in [0, 0.05) is 12.2 Å². The monoisotopic (exact) mass is 234 g/mol. The number of nitrogens with zero attached hydrogens (tertiary/aromatic N) is 1. The van der Waals surface area contributed by atoms with E-state index in [0.717, 1.165) is 11.3 Å². The topological polar surface area (TPSA) is 83.6 Å². The largest absolute Gasteiger partial charge is 0.481 e. The molecule has 0 saturated carbocycles. The number of anilines is 1. The molecule has 1 amide bonds. The number of aliphatic carboxylic acids is 1. The number of carboxylic acid groups (broad SMARTS) is 1. The lowest BCUT2D eigenvalue weighted by Crippen LogP contribution is -2.39. The molecule has 0 radical (unpaired) electrons. The van der Waals surface area contributed by atoms with Gasteiger partial charge in [0.1, 0.15) is 0 Å². The third-order valence-corrected chi connectivity index (χ3v) is 2.99. The van der Waals surface area contributed by atoms with Crippen LogP contribution in [0.25, 0.3) is 0 Å². The molecule has 1 unspecified atom stereocenters. The highest BCUT2D eigenvalue weighted by molar-refractivity contribution is 5.83. The van der Waals surface area contributed by atoms with Gasteiger partial charge in [-0.1, -0.05) is 18.2 Å². The second kappa shape index (κ2) is 4.45. The first kappa shape index (κ1) is 11.4. The second-order valence-corrected chi connectivity index (χ2v) is 4.13. The van der Waals surface area contributed by atoms with Gasteiger partial charge >= 0.3 is 5.97 Å². The highest BCUT2D eigenvalue weighted by Crippen LogP contribution is 2.34. The molecule has 0 aromatic heterocycles. The van der Waals surface area contributed by atoms with Gasteiger partial charge in [-0.3, -0.25) is 9.59 Å². The molecule has 3 N–H and O–H groups in total. The van der Waals surface area contributed by atoms with E-state index in [1.165, 1.54) is 0 Å². The molecule has 1 aromatic carbocycles. The van der Waals surface area contributed by atoms with Crippen molar-refractivity contribution < 1.29 is 14.7 Å². The maximum atomic E-state index is 11.1. The molecule has 0 aliphatic carbocycles. The van der Waals surface area contributed by atoms with E-state index in [1.54, 1.807) is 6.07 Å². The van der Waals surface area contributed by atoms with E-state index < -0.39 is 17.8 Å². The highest BCUT2D eigenvalue weighted by atomic mass is 16.4. The Morgan fingerprint density at radius 3 is 2.76 bits per heavy atom. The van der Waals surface area contributed by atoms with Gasteiger partial charge in [-0.2, -0.15) is 0 Å². The van der Waals surface area contributed by atoms with Crippen LogP contribution in [0.4, 0.5) is 5.69 Å². The molecule has 5 heteroatoms. The van der Waals surface area contributed by atoms with Crippen LogP contribution in [0.3, 0.4) is 0 Å². The van der Waals surface area contributed by atoms with Gasteiger partial charge in [0.05, 0.1) is 12.5 Å². The fourth-order valence-corrected chi connectivity index (χ4v) is 2.24. The molecule has 17 heavy (non-hydrogen) atoms. The predicted octanol–water partition coefficient (Wildman–Crippen LogP) is 0.550. The third kappa shape index (κ3) is 2.22. The average Bonchev–Trinajstić information content (AvgIpc) is 2.28. The Morgan fingerprint density at radius 2 is 2.12 bits per heavy atom. The first-order valence-electron chi connectivity index (χ1n) is 5.44. The van der Waals surface area contributed by atoms with Crippen LogP contribution in [-0.4, -0.2) is 30.1 Å². The molecule has 1 aromatic rings. The molecule has 1 atom stereocenters. The van der Waals surface area contributed by atoms with Gasteiger partial charge in [0.25, 0.3) is 0 Å². The van der Waals surface area contributed by atoms with Crippen molar-refractivity contribution in [3.05, 3.63) is 29.8 Å². The van der Waals surface area contributed by atoms with Gasteiger partial charge in [0.15, 0.2) is 0 Å². The molecule has 0 spiro atoms. The van der Waals surface area contributed by atoms with E-state index in [2.05, 4.69) is 0 Å². The zero-order chi connectivity index (χ0) is 12.4. The van der Waals surface area contributed by atoms with Crippen LogP contribution in [0.2, 0.25) is 0 Å². The standard InChI is InChI=1S/C12H14N2O3/c13-11(15)7-14-6-5-9(12(16)17)8-3-1-2-4-10(8)14/h1-4,9H,5-7H2,(H2,13,15)(H,16,17). The van der Waals surface area contributed by atoms with E-state index in [9.17, 15) is 9.59 Å². The van der Waals surface area contributed by atoms with Gasteiger partial charge in [-0.25, -0.2) is 0 Å². The van der Waals surface area contributed by atoms with Crippen molar-refractivity contribution in [2.45, 2.75) is 12.3 Å².